The summed E-state index contributed by atoms with van der Waals surface area (Å²) in [5, 5.41) is 16.1. The first-order chi connectivity index (χ1) is 11.5. The van der Waals surface area contributed by atoms with Gasteiger partial charge in [-0.25, -0.2) is 0 Å². The van der Waals surface area contributed by atoms with Crippen molar-refractivity contribution in [1.82, 2.24) is 15.6 Å². The lowest BCUT2D eigenvalue weighted by Crippen LogP contribution is -2.74. The Bertz CT molecular complexity index is 788. The first kappa shape index (κ1) is 17.2. The highest BCUT2D eigenvalue weighted by molar-refractivity contribution is 8.01. The van der Waals surface area contributed by atoms with E-state index in [1.807, 2.05) is 30.5 Å². The monoisotopic (exact) mass is 365 g/mol. The molecule has 1 aliphatic heterocycles. The van der Waals surface area contributed by atoms with Gasteiger partial charge in [0, 0.05) is 23.5 Å². The summed E-state index contributed by atoms with van der Waals surface area (Å²) in [7, 11) is 0. The number of rotatable bonds is 5. The molecule has 2 amide bonds. The summed E-state index contributed by atoms with van der Waals surface area (Å²) in [6.07, 6.45) is 5.69. The summed E-state index contributed by atoms with van der Waals surface area (Å²) < 4.78 is 0. The quantitative estimate of drug-likeness (QED) is 0.636. The summed E-state index contributed by atoms with van der Waals surface area (Å²) >= 11 is 2.40. The minimum Gasteiger partial charge on any atom is -0.392 e. The molecule has 2 atom stereocenters. The van der Waals surface area contributed by atoms with Crippen molar-refractivity contribution >= 4 is 46.2 Å². The highest BCUT2D eigenvalue weighted by atomic mass is 32.2. The van der Waals surface area contributed by atoms with E-state index in [-0.39, 0.29) is 11.8 Å². The predicted molar refractivity (Wildman–Crippen MR) is 97.9 cm³/mol. The number of carbonyl (C=O) groups is 2. The van der Waals surface area contributed by atoms with Crippen molar-refractivity contribution in [1.29, 1.82) is 0 Å². The van der Waals surface area contributed by atoms with Gasteiger partial charge in [0.05, 0.1) is 6.61 Å². The van der Waals surface area contributed by atoms with Gasteiger partial charge in [-0.15, -0.1) is 23.5 Å². The van der Waals surface area contributed by atoms with Crippen molar-refractivity contribution in [3.8, 4) is 0 Å². The number of para-hydroxylation sites is 1. The van der Waals surface area contributed by atoms with E-state index in [4.69, 9.17) is 0 Å². The van der Waals surface area contributed by atoms with Crippen LogP contribution in [0.3, 0.4) is 0 Å². The zero-order chi connectivity index (χ0) is 17.4. The molecule has 4 N–H and O–H groups in total. The van der Waals surface area contributed by atoms with Gasteiger partial charge in [0.1, 0.15) is 0 Å². The van der Waals surface area contributed by atoms with Gasteiger partial charge >= 0.3 is 0 Å². The lowest BCUT2D eigenvalue weighted by molar-refractivity contribution is -0.140. The minimum atomic E-state index is -1.32. The number of aromatic amines is 1. The molecule has 1 fully saturated rings. The van der Waals surface area contributed by atoms with Gasteiger partial charge in [-0.3, -0.25) is 9.59 Å². The van der Waals surface area contributed by atoms with Crippen molar-refractivity contribution in [3.63, 3.8) is 0 Å². The average Bonchev–Trinajstić information content (AvgIpc) is 3.01. The number of aliphatic hydroxyl groups is 1. The van der Waals surface area contributed by atoms with E-state index in [2.05, 4.69) is 15.6 Å². The van der Waals surface area contributed by atoms with Crippen molar-refractivity contribution in [2.24, 2.45) is 0 Å². The number of fused-ring (bicyclic) bond motifs is 1. The lowest BCUT2D eigenvalue weighted by Gasteiger charge is -2.43. The van der Waals surface area contributed by atoms with Crippen molar-refractivity contribution in [3.05, 3.63) is 36.0 Å². The van der Waals surface area contributed by atoms with Gasteiger partial charge < -0.3 is 20.7 Å². The largest absolute Gasteiger partial charge is 0.392 e. The second kappa shape index (κ2) is 6.34. The Morgan fingerprint density at radius 2 is 1.67 bits per heavy atom. The zero-order valence-corrected chi connectivity index (χ0v) is 15.0. The lowest BCUT2D eigenvalue weighted by atomic mass is 10.0. The molecule has 8 heteroatoms. The Labute approximate surface area is 148 Å². The van der Waals surface area contributed by atoms with Crippen LogP contribution in [0.5, 0.6) is 0 Å². The van der Waals surface area contributed by atoms with Crippen molar-refractivity contribution in [2.75, 3.05) is 19.1 Å². The third-order valence-corrected chi connectivity index (χ3v) is 6.64. The normalized spacial score (nSPS) is 27.1. The molecule has 1 saturated heterocycles. The fourth-order valence-corrected chi connectivity index (χ4v) is 4.18. The van der Waals surface area contributed by atoms with Crippen molar-refractivity contribution in [2.45, 2.75) is 16.2 Å². The molecule has 24 heavy (non-hydrogen) atoms. The second-order valence-electron chi connectivity index (χ2n) is 5.66. The van der Waals surface area contributed by atoms with E-state index < -0.39 is 16.3 Å². The van der Waals surface area contributed by atoms with Crippen LogP contribution in [0.15, 0.2) is 30.5 Å². The standard InChI is InChI=1S/C16H19N3O3S2/c1-23-15(7-10-8-17-12-6-4-3-5-11(10)12)13(21)19-16(9-20,24-2)14(22)18-15/h3-6,8,17,20H,7,9H2,1-2H3,(H,18,22)(H,19,21)/t15-,16+/m0/s1. The van der Waals surface area contributed by atoms with Crippen LogP contribution in [-0.2, 0) is 16.0 Å². The van der Waals surface area contributed by atoms with Gasteiger partial charge in [-0.1, -0.05) is 18.2 Å². The molecule has 6 nitrogen and oxygen atoms in total. The van der Waals surface area contributed by atoms with Crippen LogP contribution in [0.25, 0.3) is 10.9 Å². The highest BCUT2D eigenvalue weighted by Gasteiger charge is 2.53. The Morgan fingerprint density at radius 3 is 2.33 bits per heavy atom. The molecule has 0 saturated carbocycles. The number of amides is 2. The topological polar surface area (TPSA) is 94.2 Å². The third-order valence-electron chi connectivity index (χ3n) is 4.40. The Balaban J connectivity index is 1.95. The second-order valence-corrected chi connectivity index (χ2v) is 7.88. The van der Waals surface area contributed by atoms with Crippen LogP contribution >= 0.6 is 23.5 Å². The predicted octanol–water partition coefficient (Wildman–Crippen LogP) is 1.07. The minimum absolute atomic E-state index is 0.303. The maximum atomic E-state index is 12.8. The number of benzene rings is 1. The van der Waals surface area contributed by atoms with E-state index in [1.165, 1.54) is 11.8 Å². The molecule has 2 aromatic rings. The average molecular weight is 365 g/mol. The number of hydrogen-bond donors (Lipinski definition) is 4. The molecule has 0 unspecified atom stereocenters. The molecule has 1 aliphatic rings. The first-order valence-electron chi connectivity index (χ1n) is 7.41. The van der Waals surface area contributed by atoms with E-state index in [9.17, 15) is 14.7 Å². The van der Waals surface area contributed by atoms with E-state index in [1.54, 1.807) is 12.5 Å². The number of hydrogen-bond acceptors (Lipinski definition) is 5. The van der Waals surface area contributed by atoms with E-state index in [0.29, 0.717) is 6.42 Å². The Kier molecular flexibility index (Phi) is 4.54. The maximum absolute atomic E-state index is 12.8. The SMILES string of the molecule is CS[C@]1(Cc2c[nH]c3ccccc23)NC(=O)[C@@](CO)(SC)NC1=O. The fourth-order valence-electron chi connectivity index (χ4n) is 2.89. The van der Waals surface area contributed by atoms with Crippen molar-refractivity contribution < 1.29 is 14.7 Å². The van der Waals surface area contributed by atoms with E-state index in [0.717, 1.165) is 28.2 Å². The molecular formula is C16H19N3O3S2. The third kappa shape index (κ3) is 2.58. The zero-order valence-electron chi connectivity index (χ0n) is 13.4. The molecule has 0 bridgehead atoms. The Hall–Kier alpha value is -1.64. The Morgan fingerprint density at radius 1 is 1.04 bits per heavy atom. The number of nitrogens with one attached hydrogen (secondary N) is 3. The van der Waals surface area contributed by atoms with Gasteiger partial charge in [-0.05, 0) is 24.1 Å². The first-order valence-corrected chi connectivity index (χ1v) is 9.86. The summed E-state index contributed by atoms with van der Waals surface area (Å²) in [6.45, 7) is -0.455. The van der Waals surface area contributed by atoms with Gasteiger partial charge in [0.25, 0.3) is 11.8 Å². The van der Waals surface area contributed by atoms with E-state index >= 15 is 0 Å². The fraction of sp³-hybridized carbons (Fsp3) is 0.375. The van der Waals surface area contributed by atoms with Crippen LogP contribution in [0.2, 0.25) is 0 Å². The van der Waals surface area contributed by atoms with Crippen LogP contribution in [0, 0.1) is 0 Å². The molecular weight excluding hydrogens is 346 g/mol. The van der Waals surface area contributed by atoms with Gasteiger partial charge in [0.15, 0.2) is 9.74 Å². The van der Waals surface area contributed by atoms with Crippen LogP contribution < -0.4 is 10.6 Å². The molecule has 0 radical (unpaired) electrons. The molecule has 0 aliphatic carbocycles. The molecule has 2 heterocycles. The summed E-state index contributed by atoms with van der Waals surface area (Å²) in [6, 6.07) is 7.83. The molecule has 1 aromatic heterocycles. The highest BCUT2D eigenvalue weighted by Crippen LogP contribution is 2.34. The summed E-state index contributed by atoms with van der Waals surface area (Å²) in [5.74, 6) is -0.686. The summed E-state index contributed by atoms with van der Waals surface area (Å²) in [5.41, 5.74) is 1.94. The molecule has 128 valence electrons. The van der Waals surface area contributed by atoms with Gasteiger partial charge in [0.2, 0.25) is 0 Å². The number of thioether (sulfide) groups is 2. The van der Waals surface area contributed by atoms with Crippen LogP contribution in [-0.4, -0.2) is 50.8 Å². The molecule has 3 rings (SSSR count). The van der Waals surface area contributed by atoms with Crippen LogP contribution in [0.4, 0.5) is 0 Å². The maximum Gasteiger partial charge on any atom is 0.260 e. The number of aromatic nitrogens is 1. The number of aliphatic hydroxyl groups excluding tert-OH is 1. The summed E-state index contributed by atoms with van der Waals surface area (Å²) in [4.78, 5) is 26.1. The number of carbonyl (C=O) groups excluding carboxylic acids is 2. The molecule has 1 aromatic carbocycles. The van der Waals surface area contributed by atoms with Gasteiger partial charge in [-0.2, -0.15) is 0 Å². The smallest absolute Gasteiger partial charge is 0.260 e. The van der Waals surface area contributed by atoms with Crippen LogP contribution in [0.1, 0.15) is 5.56 Å². The number of H-pyrrole nitrogens is 1. The number of piperazine rings is 1. The molecule has 0 spiro atoms.